The van der Waals surface area contributed by atoms with Gasteiger partial charge in [0.1, 0.15) is 5.75 Å². The molecule has 4 nitrogen and oxygen atoms in total. The lowest BCUT2D eigenvalue weighted by molar-refractivity contribution is -0.130. The number of hydrogen-bond acceptors (Lipinski definition) is 3. The van der Waals surface area contributed by atoms with Gasteiger partial charge in [0, 0.05) is 13.2 Å². The molecule has 0 bridgehead atoms. The monoisotopic (exact) mass is 262 g/mol. The van der Waals surface area contributed by atoms with Gasteiger partial charge in [-0.15, -0.1) is 0 Å². The summed E-state index contributed by atoms with van der Waals surface area (Å²) in [4.78, 5) is 11.4. The standard InChI is InChI=1S/C15H18O4/c1-18-13-4-2-12(3-5-13)14(15(16)17)10-11-6-8-19-9-7-11/h2-5,10-11H,6-9H2,1H3,(H,16,17). The molecule has 0 aromatic heterocycles. The molecule has 1 fully saturated rings. The molecule has 2 rings (SSSR count). The molecule has 0 amide bonds. The summed E-state index contributed by atoms with van der Waals surface area (Å²) >= 11 is 0. The summed E-state index contributed by atoms with van der Waals surface area (Å²) in [6, 6.07) is 7.10. The smallest absolute Gasteiger partial charge is 0.335 e. The van der Waals surface area contributed by atoms with Gasteiger partial charge in [0.15, 0.2) is 0 Å². The third-order valence-corrected chi connectivity index (χ3v) is 3.30. The fourth-order valence-corrected chi connectivity index (χ4v) is 2.18. The second kappa shape index (κ2) is 6.38. The van der Waals surface area contributed by atoms with Crippen molar-refractivity contribution >= 4 is 11.5 Å². The third kappa shape index (κ3) is 3.58. The normalized spacial score (nSPS) is 17.2. The summed E-state index contributed by atoms with van der Waals surface area (Å²) in [6.07, 6.45) is 3.62. The summed E-state index contributed by atoms with van der Waals surface area (Å²) in [7, 11) is 1.59. The zero-order chi connectivity index (χ0) is 13.7. The number of ether oxygens (including phenoxy) is 2. The number of rotatable bonds is 4. The molecule has 0 radical (unpaired) electrons. The number of carbonyl (C=O) groups is 1. The number of aliphatic carboxylic acids is 1. The topological polar surface area (TPSA) is 55.8 Å². The Balaban J connectivity index is 2.22. The fourth-order valence-electron chi connectivity index (χ4n) is 2.18. The van der Waals surface area contributed by atoms with Crippen LogP contribution in [0.15, 0.2) is 30.3 Å². The van der Waals surface area contributed by atoms with E-state index in [1.54, 1.807) is 31.4 Å². The van der Waals surface area contributed by atoms with Crippen LogP contribution in [-0.4, -0.2) is 31.4 Å². The maximum Gasteiger partial charge on any atom is 0.335 e. The summed E-state index contributed by atoms with van der Waals surface area (Å²) in [6.45, 7) is 1.41. The highest BCUT2D eigenvalue weighted by Crippen LogP contribution is 2.24. The Bertz CT molecular complexity index is 456. The van der Waals surface area contributed by atoms with Gasteiger partial charge in [-0.3, -0.25) is 0 Å². The molecule has 1 aliphatic heterocycles. The van der Waals surface area contributed by atoms with Gasteiger partial charge in [0.25, 0.3) is 0 Å². The van der Waals surface area contributed by atoms with E-state index < -0.39 is 5.97 Å². The molecule has 1 N–H and O–H groups in total. The molecule has 1 aromatic carbocycles. The molecule has 0 aliphatic carbocycles. The van der Waals surface area contributed by atoms with Gasteiger partial charge in [-0.05, 0) is 36.5 Å². The number of hydrogen-bond donors (Lipinski definition) is 1. The second-order valence-electron chi connectivity index (χ2n) is 4.56. The largest absolute Gasteiger partial charge is 0.497 e. The molecular weight excluding hydrogens is 244 g/mol. The average molecular weight is 262 g/mol. The maximum absolute atomic E-state index is 11.4. The predicted molar refractivity (Wildman–Crippen MR) is 72.1 cm³/mol. The van der Waals surface area contributed by atoms with E-state index in [9.17, 15) is 9.90 Å². The van der Waals surface area contributed by atoms with Crippen LogP contribution in [0.3, 0.4) is 0 Å². The highest BCUT2D eigenvalue weighted by molar-refractivity contribution is 6.15. The Hall–Kier alpha value is -1.81. The molecule has 0 atom stereocenters. The van der Waals surface area contributed by atoms with Crippen LogP contribution in [0.5, 0.6) is 5.75 Å². The molecule has 1 heterocycles. The number of carboxylic acids is 1. The van der Waals surface area contributed by atoms with Crippen LogP contribution in [0.1, 0.15) is 18.4 Å². The van der Waals surface area contributed by atoms with Gasteiger partial charge in [0.2, 0.25) is 0 Å². The Morgan fingerprint density at radius 1 is 1.32 bits per heavy atom. The van der Waals surface area contributed by atoms with Crippen molar-refractivity contribution < 1.29 is 19.4 Å². The first-order valence-electron chi connectivity index (χ1n) is 6.38. The van der Waals surface area contributed by atoms with Gasteiger partial charge in [-0.2, -0.15) is 0 Å². The van der Waals surface area contributed by atoms with Crippen molar-refractivity contribution in [2.45, 2.75) is 12.8 Å². The molecule has 0 unspecified atom stereocenters. The maximum atomic E-state index is 11.4. The SMILES string of the molecule is COc1ccc(C(=CC2CCOCC2)C(=O)O)cc1. The first-order chi connectivity index (χ1) is 9.20. The van der Waals surface area contributed by atoms with Gasteiger partial charge in [0.05, 0.1) is 12.7 Å². The third-order valence-electron chi connectivity index (χ3n) is 3.30. The molecule has 102 valence electrons. The van der Waals surface area contributed by atoms with Crippen LogP contribution >= 0.6 is 0 Å². The van der Waals surface area contributed by atoms with Gasteiger partial charge in [-0.25, -0.2) is 4.79 Å². The number of carboxylic acid groups (broad SMARTS) is 1. The minimum absolute atomic E-state index is 0.280. The Labute approximate surface area is 112 Å². The molecule has 4 heteroatoms. The fraction of sp³-hybridized carbons (Fsp3) is 0.400. The number of allylic oxidation sites excluding steroid dienone is 1. The van der Waals surface area contributed by atoms with Crippen LogP contribution in [0.25, 0.3) is 5.57 Å². The van der Waals surface area contributed by atoms with Crippen LogP contribution in [0.2, 0.25) is 0 Å². The highest BCUT2D eigenvalue weighted by Gasteiger charge is 2.16. The Morgan fingerprint density at radius 3 is 2.47 bits per heavy atom. The zero-order valence-corrected chi connectivity index (χ0v) is 11.0. The molecular formula is C15H18O4. The van der Waals surface area contributed by atoms with Crippen LogP contribution < -0.4 is 4.74 Å². The van der Waals surface area contributed by atoms with Crippen molar-refractivity contribution in [2.75, 3.05) is 20.3 Å². The van der Waals surface area contributed by atoms with E-state index in [2.05, 4.69) is 0 Å². The second-order valence-corrected chi connectivity index (χ2v) is 4.56. The molecule has 19 heavy (non-hydrogen) atoms. The van der Waals surface area contributed by atoms with E-state index in [4.69, 9.17) is 9.47 Å². The van der Waals surface area contributed by atoms with E-state index in [-0.39, 0.29) is 5.92 Å². The number of methoxy groups -OCH3 is 1. The minimum Gasteiger partial charge on any atom is -0.497 e. The molecule has 0 saturated carbocycles. The van der Waals surface area contributed by atoms with Gasteiger partial charge >= 0.3 is 5.97 Å². The lowest BCUT2D eigenvalue weighted by atomic mass is 9.94. The van der Waals surface area contributed by atoms with E-state index in [1.807, 2.05) is 6.08 Å². The lowest BCUT2D eigenvalue weighted by Gasteiger charge is -2.19. The molecule has 1 aliphatic rings. The minimum atomic E-state index is -0.892. The van der Waals surface area contributed by atoms with Crippen molar-refractivity contribution in [3.63, 3.8) is 0 Å². The van der Waals surface area contributed by atoms with E-state index in [1.165, 1.54) is 0 Å². The first kappa shape index (κ1) is 13.6. The van der Waals surface area contributed by atoms with Crippen molar-refractivity contribution in [1.82, 2.24) is 0 Å². The van der Waals surface area contributed by atoms with E-state index in [0.717, 1.165) is 18.6 Å². The van der Waals surface area contributed by atoms with Crippen molar-refractivity contribution in [1.29, 1.82) is 0 Å². The summed E-state index contributed by atoms with van der Waals surface area (Å²) in [5.41, 5.74) is 1.06. The molecule has 1 aromatic rings. The first-order valence-corrected chi connectivity index (χ1v) is 6.38. The summed E-state index contributed by atoms with van der Waals surface area (Å²) < 4.78 is 10.4. The van der Waals surface area contributed by atoms with Crippen LogP contribution in [0.4, 0.5) is 0 Å². The number of benzene rings is 1. The zero-order valence-electron chi connectivity index (χ0n) is 11.0. The van der Waals surface area contributed by atoms with Crippen LogP contribution in [-0.2, 0) is 9.53 Å². The lowest BCUT2D eigenvalue weighted by Crippen LogP contribution is -2.15. The van der Waals surface area contributed by atoms with Crippen molar-refractivity contribution in [3.05, 3.63) is 35.9 Å². The van der Waals surface area contributed by atoms with Crippen molar-refractivity contribution in [3.8, 4) is 5.75 Å². The average Bonchev–Trinajstić information content (AvgIpc) is 2.46. The quantitative estimate of drug-likeness (QED) is 0.847. The Morgan fingerprint density at radius 2 is 1.95 bits per heavy atom. The van der Waals surface area contributed by atoms with Gasteiger partial charge in [-0.1, -0.05) is 18.2 Å². The molecule has 1 saturated heterocycles. The highest BCUT2D eigenvalue weighted by atomic mass is 16.5. The van der Waals surface area contributed by atoms with Gasteiger partial charge < -0.3 is 14.6 Å². The van der Waals surface area contributed by atoms with E-state index in [0.29, 0.717) is 24.4 Å². The molecule has 0 spiro atoms. The Kier molecular flexibility index (Phi) is 4.58. The summed E-state index contributed by atoms with van der Waals surface area (Å²) in [5, 5.41) is 9.35. The van der Waals surface area contributed by atoms with Crippen molar-refractivity contribution in [2.24, 2.45) is 5.92 Å². The van der Waals surface area contributed by atoms with E-state index >= 15 is 0 Å². The van der Waals surface area contributed by atoms with Crippen LogP contribution in [0, 0.1) is 5.92 Å². The predicted octanol–water partition coefficient (Wildman–Crippen LogP) is 2.59. The summed E-state index contributed by atoms with van der Waals surface area (Å²) in [5.74, 6) is 0.109.